The molecule has 0 spiro atoms. The highest BCUT2D eigenvalue weighted by atomic mass is 16.5. The summed E-state index contributed by atoms with van der Waals surface area (Å²) in [6.45, 7) is 7.11. The van der Waals surface area contributed by atoms with Gasteiger partial charge in [-0.1, -0.05) is 18.2 Å². The molecule has 2 aromatic rings. The molecule has 102 valence electrons. The van der Waals surface area contributed by atoms with Crippen molar-refractivity contribution < 1.29 is 9.53 Å². The first-order chi connectivity index (χ1) is 9.10. The monoisotopic (exact) mass is 260 g/mol. The number of nitrogens with two attached hydrogens (primary N) is 1. The second-order valence-corrected chi connectivity index (χ2v) is 4.57. The van der Waals surface area contributed by atoms with Crippen molar-refractivity contribution in [2.24, 2.45) is 5.73 Å². The molecule has 0 bridgehead atoms. The van der Waals surface area contributed by atoms with Gasteiger partial charge < -0.3 is 15.0 Å². The van der Waals surface area contributed by atoms with E-state index in [9.17, 15) is 4.79 Å². The smallest absolute Gasteiger partial charge is 0.327 e. The fraction of sp³-hybridized carbons (Fsp3) is 0.400. The van der Waals surface area contributed by atoms with Gasteiger partial charge >= 0.3 is 5.97 Å². The number of carbonyl (C=O) groups is 1. The molecule has 0 aliphatic carbocycles. The first-order valence-electron chi connectivity index (χ1n) is 6.60. The summed E-state index contributed by atoms with van der Waals surface area (Å²) < 4.78 is 7.13. The molecule has 19 heavy (non-hydrogen) atoms. The van der Waals surface area contributed by atoms with Crippen molar-refractivity contribution in [3.05, 3.63) is 35.5 Å². The van der Waals surface area contributed by atoms with Crippen LogP contribution in [0.1, 0.15) is 31.0 Å². The number of esters is 1. The van der Waals surface area contributed by atoms with Crippen molar-refractivity contribution in [2.75, 3.05) is 6.61 Å². The van der Waals surface area contributed by atoms with E-state index in [1.54, 1.807) is 6.92 Å². The molecule has 2 N–H and O–H groups in total. The van der Waals surface area contributed by atoms with Crippen molar-refractivity contribution in [1.29, 1.82) is 0 Å². The van der Waals surface area contributed by atoms with Gasteiger partial charge in [-0.05, 0) is 26.3 Å². The largest absolute Gasteiger partial charge is 0.465 e. The molecule has 0 radical (unpaired) electrons. The number of hydrogen-bond acceptors (Lipinski definition) is 3. The van der Waals surface area contributed by atoms with Crippen LogP contribution in [0.25, 0.3) is 10.9 Å². The van der Waals surface area contributed by atoms with E-state index in [1.807, 2.05) is 18.3 Å². The number of carbonyl (C=O) groups excluding carboxylic acids is 1. The van der Waals surface area contributed by atoms with Crippen molar-refractivity contribution in [3.8, 4) is 0 Å². The molecular weight excluding hydrogens is 240 g/mol. The van der Waals surface area contributed by atoms with Crippen LogP contribution in [0.2, 0.25) is 0 Å². The molecule has 2 rings (SSSR count). The topological polar surface area (TPSA) is 57.2 Å². The lowest BCUT2D eigenvalue weighted by molar-refractivity contribution is -0.144. The summed E-state index contributed by atoms with van der Waals surface area (Å²) in [4.78, 5) is 11.8. The molecule has 1 heterocycles. The maximum atomic E-state index is 11.8. The zero-order valence-corrected chi connectivity index (χ0v) is 11.6. The molecule has 0 fully saturated rings. The average molecular weight is 260 g/mol. The Morgan fingerprint density at radius 2 is 2.16 bits per heavy atom. The van der Waals surface area contributed by atoms with Gasteiger partial charge in [0.2, 0.25) is 0 Å². The standard InChI is InChI=1S/C15H20N2O2/c1-4-17-9-12(13(16)15(18)19-5-2)11-8-6-7-10(3)14(11)17/h6-9,13H,4-5,16H2,1-3H3. The second-order valence-electron chi connectivity index (χ2n) is 4.57. The minimum absolute atomic E-state index is 0.345. The number of aromatic nitrogens is 1. The first-order valence-corrected chi connectivity index (χ1v) is 6.60. The molecule has 0 saturated carbocycles. The molecule has 0 aliphatic heterocycles. The summed E-state index contributed by atoms with van der Waals surface area (Å²) in [6, 6.07) is 5.33. The van der Waals surface area contributed by atoms with E-state index in [4.69, 9.17) is 10.5 Å². The van der Waals surface area contributed by atoms with Gasteiger partial charge in [-0.25, -0.2) is 4.79 Å². The van der Waals surface area contributed by atoms with Gasteiger partial charge in [0.25, 0.3) is 0 Å². The van der Waals surface area contributed by atoms with Crippen LogP contribution in [-0.4, -0.2) is 17.1 Å². The van der Waals surface area contributed by atoms with E-state index in [0.717, 1.165) is 23.0 Å². The number of rotatable bonds is 4. The highest BCUT2D eigenvalue weighted by Crippen LogP contribution is 2.28. The lowest BCUT2D eigenvalue weighted by atomic mass is 10.0. The van der Waals surface area contributed by atoms with Crippen molar-refractivity contribution >= 4 is 16.9 Å². The van der Waals surface area contributed by atoms with Crippen LogP contribution < -0.4 is 5.73 Å². The Labute approximate surface area is 113 Å². The summed E-state index contributed by atoms with van der Waals surface area (Å²) in [5.74, 6) is -0.376. The van der Waals surface area contributed by atoms with E-state index in [2.05, 4.69) is 24.5 Å². The van der Waals surface area contributed by atoms with Gasteiger partial charge in [0.1, 0.15) is 6.04 Å². The van der Waals surface area contributed by atoms with Crippen LogP contribution in [0, 0.1) is 6.92 Å². The van der Waals surface area contributed by atoms with Gasteiger partial charge in [-0.3, -0.25) is 0 Å². The average Bonchev–Trinajstić information content (AvgIpc) is 2.78. The van der Waals surface area contributed by atoms with E-state index in [0.29, 0.717) is 6.61 Å². The van der Waals surface area contributed by atoms with Crippen LogP contribution in [0.5, 0.6) is 0 Å². The molecule has 1 aromatic heterocycles. The quantitative estimate of drug-likeness (QED) is 0.859. The minimum atomic E-state index is -0.725. The normalized spacial score (nSPS) is 12.6. The van der Waals surface area contributed by atoms with E-state index in [-0.39, 0.29) is 5.97 Å². The number of hydrogen-bond donors (Lipinski definition) is 1. The second kappa shape index (κ2) is 5.45. The predicted molar refractivity (Wildman–Crippen MR) is 75.9 cm³/mol. The fourth-order valence-corrected chi connectivity index (χ4v) is 2.43. The Bertz CT molecular complexity index is 601. The van der Waals surface area contributed by atoms with E-state index < -0.39 is 6.04 Å². The summed E-state index contributed by atoms with van der Waals surface area (Å²) in [5.41, 5.74) is 9.17. The molecule has 1 aromatic carbocycles. The third-order valence-electron chi connectivity index (χ3n) is 3.35. The molecule has 1 atom stereocenters. The summed E-state index contributed by atoms with van der Waals surface area (Å²) >= 11 is 0. The molecule has 0 saturated heterocycles. The lowest BCUT2D eigenvalue weighted by Gasteiger charge is -2.09. The Hall–Kier alpha value is -1.81. The van der Waals surface area contributed by atoms with Crippen LogP contribution in [-0.2, 0) is 16.1 Å². The van der Waals surface area contributed by atoms with E-state index >= 15 is 0 Å². The first kappa shape index (κ1) is 13.6. The predicted octanol–water partition coefficient (Wildman–Crippen LogP) is 2.53. The van der Waals surface area contributed by atoms with Gasteiger partial charge in [0.05, 0.1) is 12.1 Å². The zero-order valence-electron chi connectivity index (χ0n) is 11.6. The number of para-hydroxylation sites is 1. The number of fused-ring (bicyclic) bond motifs is 1. The van der Waals surface area contributed by atoms with Crippen molar-refractivity contribution in [3.63, 3.8) is 0 Å². The summed E-state index contributed by atoms with van der Waals surface area (Å²) in [5, 5.41) is 1.03. The molecule has 0 aliphatic rings. The Morgan fingerprint density at radius 3 is 2.79 bits per heavy atom. The maximum Gasteiger partial charge on any atom is 0.327 e. The minimum Gasteiger partial charge on any atom is -0.465 e. The number of aryl methyl sites for hydroxylation is 2. The third-order valence-corrected chi connectivity index (χ3v) is 3.35. The highest BCUT2D eigenvalue weighted by molar-refractivity contribution is 5.91. The summed E-state index contributed by atoms with van der Waals surface area (Å²) in [7, 11) is 0. The van der Waals surface area contributed by atoms with Crippen LogP contribution in [0.15, 0.2) is 24.4 Å². The molecule has 0 amide bonds. The third kappa shape index (κ3) is 2.36. The van der Waals surface area contributed by atoms with Crippen LogP contribution in [0.4, 0.5) is 0 Å². The number of nitrogens with zero attached hydrogens (tertiary/aromatic N) is 1. The zero-order chi connectivity index (χ0) is 14.0. The van der Waals surface area contributed by atoms with Gasteiger partial charge in [0.15, 0.2) is 0 Å². The SMILES string of the molecule is CCOC(=O)C(N)c1cn(CC)c2c(C)cccc12. The number of benzene rings is 1. The molecule has 4 heteroatoms. The van der Waals surface area contributed by atoms with Crippen molar-refractivity contribution in [1.82, 2.24) is 4.57 Å². The molecular formula is C15H20N2O2. The molecule has 4 nitrogen and oxygen atoms in total. The Balaban J connectivity index is 2.55. The summed E-state index contributed by atoms with van der Waals surface area (Å²) in [6.07, 6.45) is 1.96. The highest BCUT2D eigenvalue weighted by Gasteiger charge is 2.22. The maximum absolute atomic E-state index is 11.8. The fourth-order valence-electron chi connectivity index (χ4n) is 2.43. The van der Waals surface area contributed by atoms with Gasteiger partial charge in [-0.15, -0.1) is 0 Å². The number of ether oxygens (including phenoxy) is 1. The van der Waals surface area contributed by atoms with Crippen LogP contribution >= 0.6 is 0 Å². The van der Waals surface area contributed by atoms with Gasteiger partial charge in [-0.2, -0.15) is 0 Å². The molecule has 1 unspecified atom stereocenters. The Kier molecular flexibility index (Phi) is 3.90. The van der Waals surface area contributed by atoms with Crippen molar-refractivity contribution in [2.45, 2.75) is 33.4 Å². The van der Waals surface area contributed by atoms with Crippen LogP contribution in [0.3, 0.4) is 0 Å². The van der Waals surface area contributed by atoms with E-state index in [1.165, 1.54) is 5.56 Å². The Morgan fingerprint density at radius 1 is 1.42 bits per heavy atom. The lowest BCUT2D eigenvalue weighted by Crippen LogP contribution is -2.23. The van der Waals surface area contributed by atoms with Gasteiger partial charge in [0, 0.05) is 23.7 Å².